The van der Waals surface area contributed by atoms with Crippen LogP contribution in [0.15, 0.2) is 41.8 Å². The van der Waals surface area contributed by atoms with Crippen LogP contribution in [0.1, 0.15) is 16.7 Å². The maximum absolute atomic E-state index is 13.8. The zero-order valence-electron chi connectivity index (χ0n) is 10.9. The number of rotatable bonds is 4. The highest BCUT2D eigenvalue weighted by atomic mass is 19.1. The number of ether oxygens (including phenoxy) is 1. The molecule has 0 atom stereocenters. The Balaban J connectivity index is 2.11. The fourth-order valence-electron chi connectivity index (χ4n) is 1.69. The number of hydrogen-bond acceptors (Lipinski definition) is 4. The van der Waals surface area contributed by atoms with Crippen LogP contribution >= 0.6 is 0 Å². The van der Waals surface area contributed by atoms with Gasteiger partial charge in [0.25, 0.3) is 0 Å². The fraction of sp³-hybridized carbons (Fsp3) is 0.143. The third-order valence-electron chi connectivity index (χ3n) is 2.66. The minimum Gasteiger partial charge on any atom is -0.486 e. The summed E-state index contributed by atoms with van der Waals surface area (Å²) in [6, 6.07) is 6.02. The standard InChI is InChI=1S/C14H14FN3O2/c1-9-4-10(7-17-6-9)8-20-13-3-2-11(5-12(13)15)14(16)18-19/h2-7,19H,8H2,1H3,(H2,16,18). The summed E-state index contributed by atoms with van der Waals surface area (Å²) in [5.74, 6) is -0.631. The molecule has 5 nitrogen and oxygen atoms in total. The second-order valence-electron chi connectivity index (χ2n) is 4.29. The zero-order valence-corrected chi connectivity index (χ0v) is 10.9. The van der Waals surface area contributed by atoms with Gasteiger partial charge in [-0.2, -0.15) is 0 Å². The first-order valence-electron chi connectivity index (χ1n) is 5.91. The summed E-state index contributed by atoms with van der Waals surface area (Å²) in [5.41, 5.74) is 7.53. The van der Waals surface area contributed by atoms with Crippen molar-refractivity contribution >= 4 is 5.84 Å². The molecule has 1 aromatic heterocycles. The minimum absolute atomic E-state index is 0.0981. The van der Waals surface area contributed by atoms with Gasteiger partial charge in [0.05, 0.1) is 0 Å². The van der Waals surface area contributed by atoms with Gasteiger partial charge in [-0.15, -0.1) is 0 Å². The van der Waals surface area contributed by atoms with E-state index in [-0.39, 0.29) is 23.8 Å². The maximum Gasteiger partial charge on any atom is 0.170 e. The molecule has 104 valence electrons. The third kappa shape index (κ3) is 3.23. The van der Waals surface area contributed by atoms with Crippen molar-refractivity contribution in [3.8, 4) is 5.75 Å². The summed E-state index contributed by atoms with van der Waals surface area (Å²) in [6.45, 7) is 2.14. The Morgan fingerprint density at radius 2 is 2.20 bits per heavy atom. The van der Waals surface area contributed by atoms with Crippen molar-refractivity contribution in [1.82, 2.24) is 4.98 Å². The van der Waals surface area contributed by atoms with Crippen molar-refractivity contribution < 1.29 is 14.3 Å². The summed E-state index contributed by atoms with van der Waals surface area (Å²) in [6.07, 6.45) is 3.39. The van der Waals surface area contributed by atoms with Crippen LogP contribution in [0.25, 0.3) is 0 Å². The van der Waals surface area contributed by atoms with Crippen molar-refractivity contribution in [3.63, 3.8) is 0 Å². The molecule has 20 heavy (non-hydrogen) atoms. The Hall–Kier alpha value is -2.63. The molecular weight excluding hydrogens is 261 g/mol. The van der Waals surface area contributed by atoms with Crippen molar-refractivity contribution in [2.75, 3.05) is 0 Å². The summed E-state index contributed by atoms with van der Waals surface area (Å²) < 4.78 is 19.2. The molecule has 1 heterocycles. The predicted octanol–water partition coefficient (Wildman–Crippen LogP) is 2.20. The SMILES string of the molecule is Cc1cncc(COc2ccc(/C(N)=N/O)cc2F)c1. The van der Waals surface area contributed by atoms with Crippen LogP contribution in [0.2, 0.25) is 0 Å². The van der Waals surface area contributed by atoms with Crippen LogP contribution in [0, 0.1) is 12.7 Å². The lowest BCUT2D eigenvalue weighted by molar-refractivity contribution is 0.289. The van der Waals surface area contributed by atoms with Gasteiger partial charge in [-0.1, -0.05) is 5.16 Å². The van der Waals surface area contributed by atoms with E-state index in [1.54, 1.807) is 12.4 Å². The Morgan fingerprint density at radius 1 is 1.40 bits per heavy atom. The molecule has 2 aromatic rings. The number of aromatic nitrogens is 1. The van der Waals surface area contributed by atoms with Crippen molar-refractivity contribution in [3.05, 3.63) is 59.2 Å². The van der Waals surface area contributed by atoms with Crippen molar-refractivity contribution in [2.24, 2.45) is 10.9 Å². The molecule has 0 bridgehead atoms. The van der Waals surface area contributed by atoms with Gasteiger partial charge in [0.1, 0.15) is 6.61 Å². The van der Waals surface area contributed by atoms with Crippen LogP contribution < -0.4 is 10.5 Å². The lowest BCUT2D eigenvalue weighted by Crippen LogP contribution is -2.13. The summed E-state index contributed by atoms with van der Waals surface area (Å²) in [5, 5.41) is 11.3. The van der Waals surface area contributed by atoms with Crippen LogP contribution in [0.3, 0.4) is 0 Å². The molecule has 2 rings (SSSR count). The van der Waals surface area contributed by atoms with Crippen molar-refractivity contribution in [1.29, 1.82) is 0 Å². The molecule has 0 saturated heterocycles. The second-order valence-corrected chi connectivity index (χ2v) is 4.29. The van der Waals surface area contributed by atoms with Gasteiger partial charge in [-0.05, 0) is 36.8 Å². The van der Waals surface area contributed by atoms with E-state index in [0.29, 0.717) is 0 Å². The van der Waals surface area contributed by atoms with E-state index in [0.717, 1.165) is 17.2 Å². The van der Waals surface area contributed by atoms with E-state index in [2.05, 4.69) is 10.1 Å². The molecule has 0 aliphatic carbocycles. The second kappa shape index (κ2) is 6.01. The molecule has 0 aliphatic rings. The fourth-order valence-corrected chi connectivity index (χ4v) is 1.69. The van der Waals surface area contributed by atoms with Crippen LogP contribution in [-0.2, 0) is 6.61 Å². The highest BCUT2D eigenvalue weighted by Gasteiger charge is 2.08. The number of oxime groups is 1. The average molecular weight is 275 g/mol. The van der Waals surface area contributed by atoms with Crippen molar-refractivity contribution in [2.45, 2.75) is 13.5 Å². The quantitative estimate of drug-likeness (QED) is 0.388. The Labute approximate surface area is 115 Å². The number of halogens is 1. The van der Waals surface area contributed by atoms with Crippen LogP contribution in [-0.4, -0.2) is 16.0 Å². The molecule has 1 aromatic carbocycles. The van der Waals surface area contributed by atoms with E-state index in [1.165, 1.54) is 12.1 Å². The number of aryl methyl sites for hydroxylation is 1. The van der Waals surface area contributed by atoms with Gasteiger partial charge >= 0.3 is 0 Å². The highest BCUT2D eigenvalue weighted by Crippen LogP contribution is 2.19. The molecule has 0 saturated carbocycles. The first-order chi connectivity index (χ1) is 9.60. The first-order valence-corrected chi connectivity index (χ1v) is 5.91. The third-order valence-corrected chi connectivity index (χ3v) is 2.66. The number of nitrogens with zero attached hydrogens (tertiary/aromatic N) is 2. The van der Waals surface area contributed by atoms with Gasteiger partial charge in [0, 0.05) is 23.5 Å². The van der Waals surface area contributed by atoms with E-state index in [4.69, 9.17) is 15.7 Å². The number of nitrogens with two attached hydrogens (primary N) is 1. The summed E-state index contributed by atoms with van der Waals surface area (Å²) >= 11 is 0. The number of amidine groups is 1. The topological polar surface area (TPSA) is 80.7 Å². The van der Waals surface area contributed by atoms with Gasteiger partial charge in [-0.3, -0.25) is 4.98 Å². The van der Waals surface area contributed by atoms with E-state index in [9.17, 15) is 4.39 Å². The van der Waals surface area contributed by atoms with Crippen LogP contribution in [0.5, 0.6) is 5.75 Å². The molecular formula is C14H14FN3O2. The highest BCUT2D eigenvalue weighted by molar-refractivity contribution is 5.97. The Morgan fingerprint density at radius 3 is 2.85 bits per heavy atom. The average Bonchev–Trinajstić information content (AvgIpc) is 2.45. The lowest BCUT2D eigenvalue weighted by Gasteiger charge is -2.08. The zero-order chi connectivity index (χ0) is 14.5. The number of pyridine rings is 1. The monoisotopic (exact) mass is 275 g/mol. The molecule has 0 spiro atoms. The normalized spacial score (nSPS) is 11.4. The summed E-state index contributed by atoms with van der Waals surface area (Å²) in [7, 11) is 0. The lowest BCUT2D eigenvalue weighted by atomic mass is 10.2. The maximum atomic E-state index is 13.8. The summed E-state index contributed by atoms with van der Waals surface area (Å²) in [4.78, 5) is 4.03. The van der Waals surface area contributed by atoms with Gasteiger partial charge in [0.15, 0.2) is 17.4 Å². The smallest absolute Gasteiger partial charge is 0.170 e. The van der Waals surface area contributed by atoms with Gasteiger partial charge in [-0.25, -0.2) is 4.39 Å². The van der Waals surface area contributed by atoms with E-state index < -0.39 is 5.82 Å². The van der Waals surface area contributed by atoms with Gasteiger partial charge < -0.3 is 15.7 Å². The molecule has 0 fully saturated rings. The van der Waals surface area contributed by atoms with E-state index >= 15 is 0 Å². The molecule has 0 radical (unpaired) electrons. The first kappa shape index (κ1) is 13.8. The number of benzene rings is 1. The Bertz CT molecular complexity index is 644. The molecule has 0 unspecified atom stereocenters. The Kier molecular flexibility index (Phi) is 4.14. The number of hydrogen-bond donors (Lipinski definition) is 2. The molecule has 6 heteroatoms. The predicted molar refractivity (Wildman–Crippen MR) is 72.2 cm³/mol. The van der Waals surface area contributed by atoms with E-state index in [1.807, 2.05) is 13.0 Å². The largest absolute Gasteiger partial charge is 0.486 e. The minimum atomic E-state index is -0.574. The van der Waals surface area contributed by atoms with Crippen LogP contribution in [0.4, 0.5) is 4.39 Å². The molecule has 0 amide bonds. The molecule has 3 N–H and O–H groups in total. The molecule has 0 aliphatic heterocycles. The van der Waals surface area contributed by atoms with Gasteiger partial charge in [0.2, 0.25) is 0 Å².